The third-order valence-corrected chi connectivity index (χ3v) is 4.54. The lowest BCUT2D eigenvalue weighted by Gasteiger charge is -2.20. The highest BCUT2D eigenvalue weighted by atomic mass is 32.2. The highest BCUT2D eigenvalue weighted by molar-refractivity contribution is 8.01. The SMILES string of the molecule is C[SH](C)(=O)CCCOC1CCC2OC2C1. The fraction of sp³-hybridized carbons (Fsp3) is 1.00. The van der Waals surface area contributed by atoms with Crippen molar-refractivity contribution >= 4 is 9.93 Å². The first-order valence-electron chi connectivity index (χ1n) is 5.86. The molecular weight excluding hydrogens is 212 g/mol. The van der Waals surface area contributed by atoms with E-state index < -0.39 is 9.93 Å². The van der Waals surface area contributed by atoms with Gasteiger partial charge in [-0.15, -0.1) is 9.93 Å². The predicted octanol–water partition coefficient (Wildman–Crippen LogP) is 0.989. The van der Waals surface area contributed by atoms with Gasteiger partial charge in [-0.05, 0) is 31.8 Å². The second-order valence-corrected chi connectivity index (χ2v) is 8.76. The van der Waals surface area contributed by atoms with Crippen LogP contribution in [0.3, 0.4) is 0 Å². The van der Waals surface area contributed by atoms with Gasteiger partial charge in [-0.2, -0.15) is 0 Å². The number of hydrogen-bond acceptors (Lipinski definition) is 3. The second kappa shape index (κ2) is 4.52. The highest BCUT2D eigenvalue weighted by Crippen LogP contribution is 2.37. The second-order valence-electron chi connectivity index (χ2n) is 5.17. The smallest absolute Gasteiger partial charge is 0.0866 e. The van der Waals surface area contributed by atoms with Gasteiger partial charge in [0.05, 0.1) is 18.3 Å². The van der Waals surface area contributed by atoms with Gasteiger partial charge in [0.2, 0.25) is 0 Å². The number of ether oxygens (including phenoxy) is 2. The minimum Gasteiger partial charge on any atom is -0.378 e. The summed E-state index contributed by atoms with van der Waals surface area (Å²) in [5, 5.41) is 0. The summed E-state index contributed by atoms with van der Waals surface area (Å²) in [6.07, 6.45) is 9.42. The molecule has 0 aromatic carbocycles. The van der Waals surface area contributed by atoms with E-state index in [-0.39, 0.29) is 0 Å². The molecular formula is C11H22O3S. The van der Waals surface area contributed by atoms with E-state index in [1.54, 1.807) is 0 Å². The average Bonchev–Trinajstić information content (AvgIpc) is 2.88. The van der Waals surface area contributed by atoms with Crippen molar-refractivity contribution in [3.05, 3.63) is 0 Å². The van der Waals surface area contributed by atoms with E-state index in [4.69, 9.17) is 9.47 Å². The van der Waals surface area contributed by atoms with Crippen LogP contribution < -0.4 is 0 Å². The summed E-state index contributed by atoms with van der Waals surface area (Å²) in [7, 11) is -1.84. The zero-order valence-electron chi connectivity index (χ0n) is 9.65. The molecule has 0 amide bonds. The Balaban J connectivity index is 1.56. The number of rotatable bonds is 5. The third kappa shape index (κ3) is 3.85. The van der Waals surface area contributed by atoms with Crippen LogP contribution in [0.4, 0.5) is 0 Å². The van der Waals surface area contributed by atoms with E-state index in [2.05, 4.69) is 0 Å². The molecule has 0 N–H and O–H groups in total. The molecule has 90 valence electrons. The Hall–Kier alpha value is 0.0700. The summed E-state index contributed by atoms with van der Waals surface area (Å²) in [5.41, 5.74) is 0. The summed E-state index contributed by atoms with van der Waals surface area (Å²) in [5.74, 6) is 0.808. The largest absolute Gasteiger partial charge is 0.378 e. The molecule has 1 saturated heterocycles. The van der Waals surface area contributed by atoms with E-state index in [1.165, 1.54) is 0 Å². The van der Waals surface area contributed by atoms with Gasteiger partial charge in [-0.25, -0.2) is 0 Å². The summed E-state index contributed by atoms with van der Waals surface area (Å²) >= 11 is 0. The van der Waals surface area contributed by atoms with Crippen LogP contribution >= 0.6 is 0 Å². The fourth-order valence-electron chi connectivity index (χ4n) is 2.21. The number of fused-ring (bicyclic) bond motifs is 1. The molecule has 2 rings (SSSR count). The molecule has 3 nitrogen and oxygen atoms in total. The van der Waals surface area contributed by atoms with Crippen LogP contribution in [0.5, 0.6) is 0 Å². The first-order chi connectivity index (χ1) is 7.04. The van der Waals surface area contributed by atoms with Crippen LogP contribution in [-0.4, -0.2) is 47.4 Å². The molecule has 2 fully saturated rings. The zero-order chi connectivity index (χ0) is 10.9. The van der Waals surface area contributed by atoms with E-state index in [0.717, 1.165) is 38.0 Å². The van der Waals surface area contributed by atoms with Gasteiger partial charge < -0.3 is 9.47 Å². The zero-order valence-corrected chi connectivity index (χ0v) is 10.5. The van der Waals surface area contributed by atoms with Crippen LogP contribution in [0.1, 0.15) is 25.7 Å². The Bertz CT molecular complexity index is 261. The maximum atomic E-state index is 11.4. The molecule has 3 atom stereocenters. The lowest BCUT2D eigenvalue weighted by atomic mass is 9.98. The van der Waals surface area contributed by atoms with Gasteiger partial charge in [0.1, 0.15) is 0 Å². The third-order valence-electron chi connectivity index (χ3n) is 3.15. The molecule has 3 unspecified atom stereocenters. The molecule has 0 aromatic rings. The minimum atomic E-state index is -1.84. The molecule has 15 heavy (non-hydrogen) atoms. The number of hydrogen-bond donors (Lipinski definition) is 1. The summed E-state index contributed by atoms with van der Waals surface area (Å²) in [6, 6.07) is 0. The van der Waals surface area contributed by atoms with Gasteiger partial charge >= 0.3 is 0 Å². The summed E-state index contributed by atoms with van der Waals surface area (Å²) < 4.78 is 22.7. The molecule has 4 heteroatoms. The van der Waals surface area contributed by atoms with Gasteiger partial charge in [0.15, 0.2) is 0 Å². The highest BCUT2D eigenvalue weighted by Gasteiger charge is 2.44. The van der Waals surface area contributed by atoms with Gasteiger partial charge in [-0.1, -0.05) is 0 Å². The van der Waals surface area contributed by atoms with Gasteiger partial charge in [0.25, 0.3) is 0 Å². The monoisotopic (exact) mass is 234 g/mol. The molecule has 0 bridgehead atoms. The van der Waals surface area contributed by atoms with E-state index >= 15 is 0 Å². The van der Waals surface area contributed by atoms with Crippen molar-refractivity contribution in [2.75, 3.05) is 24.9 Å². The Labute approximate surface area is 92.9 Å². The Morgan fingerprint density at radius 1 is 1.33 bits per heavy atom. The number of epoxide rings is 1. The molecule has 1 saturated carbocycles. The van der Waals surface area contributed by atoms with Crippen molar-refractivity contribution in [1.82, 2.24) is 0 Å². The minimum absolute atomic E-state index is 0.391. The standard InChI is InChI=1S/C11H22O3S/c1-15(2,12)7-3-6-13-9-4-5-10-11(8-9)14-10/h9-11,15H,3-8H2,1-2H3. The maximum absolute atomic E-state index is 11.4. The molecule has 1 heterocycles. The van der Waals surface area contributed by atoms with E-state index in [9.17, 15) is 4.21 Å². The molecule has 1 aliphatic heterocycles. The van der Waals surface area contributed by atoms with E-state index in [0.29, 0.717) is 18.3 Å². The van der Waals surface area contributed by atoms with Crippen molar-refractivity contribution in [3.63, 3.8) is 0 Å². The van der Waals surface area contributed by atoms with E-state index in [1.807, 2.05) is 12.5 Å². The van der Waals surface area contributed by atoms with Crippen molar-refractivity contribution in [1.29, 1.82) is 0 Å². The number of thiol groups is 1. The first kappa shape index (κ1) is 11.6. The maximum Gasteiger partial charge on any atom is 0.0866 e. The first-order valence-corrected chi connectivity index (χ1v) is 8.64. The van der Waals surface area contributed by atoms with Crippen LogP contribution in [-0.2, 0) is 19.4 Å². The van der Waals surface area contributed by atoms with Crippen molar-refractivity contribution in [2.24, 2.45) is 0 Å². The van der Waals surface area contributed by atoms with Crippen LogP contribution in [0.2, 0.25) is 0 Å². The van der Waals surface area contributed by atoms with Gasteiger partial charge in [0, 0.05) is 18.8 Å². The van der Waals surface area contributed by atoms with Crippen LogP contribution in [0, 0.1) is 0 Å². The Morgan fingerprint density at radius 2 is 2.13 bits per heavy atom. The average molecular weight is 234 g/mol. The molecule has 2 aliphatic rings. The predicted molar refractivity (Wildman–Crippen MR) is 63.1 cm³/mol. The summed E-state index contributed by atoms with van der Waals surface area (Å²) in [4.78, 5) is 0. The quantitative estimate of drug-likeness (QED) is 0.438. The molecule has 0 aromatic heterocycles. The fourth-order valence-corrected chi connectivity index (χ4v) is 3.10. The normalized spacial score (nSPS) is 36.0. The van der Waals surface area contributed by atoms with Crippen molar-refractivity contribution in [2.45, 2.75) is 44.0 Å². The van der Waals surface area contributed by atoms with Gasteiger partial charge in [-0.3, -0.25) is 4.21 Å². The van der Waals surface area contributed by atoms with Crippen molar-refractivity contribution in [3.8, 4) is 0 Å². The van der Waals surface area contributed by atoms with Crippen LogP contribution in [0.25, 0.3) is 0 Å². The lowest BCUT2D eigenvalue weighted by molar-refractivity contribution is 0.0339. The molecule has 0 spiro atoms. The topological polar surface area (TPSA) is 38.8 Å². The van der Waals surface area contributed by atoms with Crippen LogP contribution in [0.15, 0.2) is 0 Å². The Morgan fingerprint density at radius 3 is 2.80 bits per heavy atom. The summed E-state index contributed by atoms with van der Waals surface area (Å²) in [6.45, 7) is 0.758. The molecule has 0 radical (unpaired) electrons. The Kier molecular flexibility index (Phi) is 3.48. The molecule has 1 aliphatic carbocycles. The lowest BCUT2D eigenvalue weighted by Crippen LogP contribution is -2.23. The van der Waals surface area contributed by atoms with Crippen molar-refractivity contribution < 1.29 is 13.7 Å².